The number of nitrogens with zero attached hydrogens (tertiary/aromatic N) is 1. The Labute approximate surface area is 72.0 Å². The first-order valence-corrected chi connectivity index (χ1v) is 4.26. The highest BCUT2D eigenvalue weighted by Gasteiger charge is 2.24. The van der Waals surface area contributed by atoms with Gasteiger partial charge in [0.25, 0.3) is 5.91 Å². The van der Waals surface area contributed by atoms with Gasteiger partial charge in [-0.25, -0.2) is 0 Å². The molecule has 0 aromatic heterocycles. The van der Waals surface area contributed by atoms with Gasteiger partial charge in [0.1, 0.15) is 0 Å². The predicted octanol–water partition coefficient (Wildman–Crippen LogP) is 1.10. The highest BCUT2D eigenvalue weighted by Crippen LogP contribution is 2.09. The lowest BCUT2D eigenvalue weighted by molar-refractivity contribution is -0.138. The van der Waals surface area contributed by atoms with Gasteiger partial charge in [-0.05, 0) is 18.9 Å². The largest absolute Gasteiger partial charge is 0.279 e. The Hall–Kier alpha value is -1.12. The number of amides is 2. The lowest BCUT2D eigenvalue weighted by atomic mass is 10.4. The average molecular weight is 167 g/mol. The molecular formula is C9H13NO2. The van der Waals surface area contributed by atoms with E-state index in [2.05, 4.69) is 0 Å². The predicted molar refractivity (Wildman–Crippen MR) is 45.4 cm³/mol. The van der Waals surface area contributed by atoms with Crippen molar-refractivity contribution in [1.82, 2.24) is 4.90 Å². The SMILES string of the molecule is CCC=CC(=O)N1CCCC1=O. The molecule has 3 heteroatoms. The highest BCUT2D eigenvalue weighted by molar-refractivity contribution is 6.01. The number of allylic oxidation sites excluding steroid dienone is 1. The summed E-state index contributed by atoms with van der Waals surface area (Å²) in [7, 11) is 0. The number of rotatable bonds is 2. The minimum atomic E-state index is -0.167. The number of imide groups is 1. The van der Waals surface area contributed by atoms with Gasteiger partial charge in [0.05, 0.1) is 0 Å². The minimum absolute atomic E-state index is 0.0410. The van der Waals surface area contributed by atoms with Crippen molar-refractivity contribution in [2.24, 2.45) is 0 Å². The number of hydrogen-bond acceptors (Lipinski definition) is 2. The van der Waals surface area contributed by atoms with Crippen LogP contribution in [-0.4, -0.2) is 23.3 Å². The molecular weight excluding hydrogens is 154 g/mol. The summed E-state index contributed by atoms with van der Waals surface area (Å²) in [4.78, 5) is 23.6. The fourth-order valence-electron chi connectivity index (χ4n) is 1.19. The molecule has 66 valence electrons. The van der Waals surface area contributed by atoms with E-state index in [1.54, 1.807) is 6.08 Å². The summed E-state index contributed by atoms with van der Waals surface area (Å²) in [6.45, 7) is 2.54. The van der Waals surface area contributed by atoms with Crippen LogP contribution in [-0.2, 0) is 9.59 Å². The van der Waals surface area contributed by atoms with Crippen LogP contribution < -0.4 is 0 Å². The molecule has 1 aliphatic rings. The quantitative estimate of drug-likeness (QED) is 0.577. The first-order valence-electron chi connectivity index (χ1n) is 4.26. The van der Waals surface area contributed by atoms with Crippen molar-refractivity contribution < 1.29 is 9.59 Å². The van der Waals surface area contributed by atoms with E-state index in [0.717, 1.165) is 12.8 Å². The molecule has 1 heterocycles. The molecule has 0 spiro atoms. The summed E-state index contributed by atoms with van der Waals surface area (Å²) in [5.41, 5.74) is 0. The highest BCUT2D eigenvalue weighted by atomic mass is 16.2. The van der Waals surface area contributed by atoms with Crippen LogP contribution in [0.15, 0.2) is 12.2 Å². The molecule has 0 unspecified atom stereocenters. The lowest BCUT2D eigenvalue weighted by Crippen LogP contribution is -2.30. The summed E-state index contributed by atoms with van der Waals surface area (Å²) in [5.74, 6) is -0.208. The third-order valence-electron chi connectivity index (χ3n) is 1.84. The van der Waals surface area contributed by atoms with Crippen molar-refractivity contribution in [2.45, 2.75) is 26.2 Å². The molecule has 0 bridgehead atoms. The average Bonchev–Trinajstić information content (AvgIpc) is 2.47. The van der Waals surface area contributed by atoms with Crippen molar-refractivity contribution in [1.29, 1.82) is 0 Å². The van der Waals surface area contributed by atoms with Gasteiger partial charge in [-0.3, -0.25) is 14.5 Å². The van der Waals surface area contributed by atoms with Crippen LogP contribution >= 0.6 is 0 Å². The summed E-state index contributed by atoms with van der Waals surface area (Å²) < 4.78 is 0. The second kappa shape index (κ2) is 4.04. The van der Waals surface area contributed by atoms with E-state index in [9.17, 15) is 9.59 Å². The Morgan fingerprint density at radius 2 is 2.42 bits per heavy atom. The summed E-state index contributed by atoms with van der Waals surface area (Å²) >= 11 is 0. The van der Waals surface area contributed by atoms with Crippen molar-refractivity contribution in [2.75, 3.05) is 6.54 Å². The molecule has 1 saturated heterocycles. The number of carbonyl (C=O) groups excluding carboxylic acids is 2. The van der Waals surface area contributed by atoms with Gasteiger partial charge >= 0.3 is 0 Å². The van der Waals surface area contributed by atoms with Crippen molar-refractivity contribution >= 4 is 11.8 Å². The maximum Gasteiger partial charge on any atom is 0.252 e. The van der Waals surface area contributed by atoms with Crippen LogP contribution in [0.1, 0.15) is 26.2 Å². The summed E-state index contributed by atoms with van der Waals surface area (Å²) in [6.07, 6.45) is 5.40. The normalized spacial score (nSPS) is 17.8. The second-order valence-corrected chi connectivity index (χ2v) is 2.80. The lowest BCUT2D eigenvalue weighted by Gasteiger charge is -2.09. The molecule has 0 aromatic carbocycles. The van der Waals surface area contributed by atoms with Crippen LogP contribution in [0.5, 0.6) is 0 Å². The van der Waals surface area contributed by atoms with E-state index < -0.39 is 0 Å². The maximum atomic E-state index is 11.2. The molecule has 0 radical (unpaired) electrons. The van der Waals surface area contributed by atoms with Crippen LogP contribution in [0.25, 0.3) is 0 Å². The Balaban J connectivity index is 2.52. The van der Waals surface area contributed by atoms with Crippen molar-refractivity contribution in [3.63, 3.8) is 0 Å². The van der Waals surface area contributed by atoms with Crippen molar-refractivity contribution in [3.8, 4) is 0 Å². The third kappa shape index (κ3) is 1.94. The molecule has 12 heavy (non-hydrogen) atoms. The number of hydrogen-bond donors (Lipinski definition) is 0. The van der Waals surface area contributed by atoms with Gasteiger partial charge in [0, 0.05) is 13.0 Å². The van der Waals surface area contributed by atoms with E-state index in [-0.39, 0.29) is 11.8 Å². The Bertz CT molecular complexity index is 221. The summed E-state index contributed by atoms with van der Waals surface area (Å²) in [5, 5.41) is 0. The van der Waals surface area contributed by atoms with Crippen LogP contribution in [0.3, 0.4) is 0 Å². The van der Waals surface area contributed by atoms with E-state index in [1.165, 1.54) is 11.0 Å². The standard InChI is InChI=1S/C9H13NO2/c1-2-3-5-8(11)10-7-4-6-9(10)12/h3,5H,2,4,6-7H2,1H3. The smallest absolute Gasteiger partial charge is 0.252 e. The van der Waals surface area contributed by atoms with E-state index in [0.29, 0.717) is 13.0 Å². The fourth-order valence-corrected chi connectivity index (χ4v) is 1.19. The Kier molecular flexibility index (Phi) is 3.02. The first-order chi connectivity index (χ1) is 5.75. The van der Waals surface area contributed by atoms with Crippen molar-refractivity contribution in [3.05, 3.63) is 12.2 Å². The Morgan fingerprint density at radius 3 is 2.92 bits per heavy atom. The molecule has 3 nitrogen and oxygen atoms in total. The number of carbonyl (C=O) groups is 2. The zero-order valence-electron chi connectivity index (χ0n) is 7.25. The van der Waals surface area contributed by atoms with Gasteiger partial charge in [-0.15, -0.1) is 0 Å². The van der Waals surface area contributed by atoms with Crippen LogP contribution in [0.4, 0.5) is 0 Å². The van der Waals surface area contributed by atoms with Gasteiger partial charge in [-0.1, -0.05) is 13.0 Å². The van der Waals surface area contributed by atoms with Gasteiger partial charge < -0.3 is 0 Å². The van der Waals surface area contributed by atoms with Crippen LogP contribution in [0.2, 0.25) is 0 Å². The fraction of sp³-hybridized carbons (Fsp3) is 0.556. The second-order valence-electron chi connectivity index (χ2n) is 2.80. The molecule has 0 aromatic rings. The van der Waals surface area contributed by atoms with Gasteiger partial charge in [0.2, 0.25) is 5.91 Å². The van der Waals surface area contributed by atoms with Gasteiger partial charge in [-0.2, -0.15) is 0 Å². The number of likely N-dealkylation sites (tertiary alicyclic amines) is 1. The molecule has 1 aliphatic heterocycles. The van der Waals surface area contributed by atoms with Crippen LogP contribution in [0, 0.1) is 0 Å². The van der Waals surface area contributed by atoms with E-state index >= 15 is 0 Å². The molecule has 0 N–H and O–H groups in total. The monoisotopic (exact) mass is 167 g/mol. The molecule has 2 amide bonds. The Morgan fingerprint density at radius 1 is 1.67 bits per heavy atom. The minimum Gasteiger partial charge on any atom is -0.279 e. The maximum absolute atomic E-state index is 11.2. The molecule has 0 aliphatic carbocycles. The third-order valence-corrected chi connectivity index (χ3v) is 1.84. The van der Waals surface area contributed by atoms with E-state index in [4.69, 9.17) is 0 Å². The first kappa shape index (κ1) is 8.97. The molecule has 1 rings (SSSR count). The molecule has 0 saturated carbocycles. The molecule has 0 atom stereocenters. The van der Waals surface area contributed by atoms with E-state index in [1.807, 2.05) is 6.92 Å². The topological polar surface area (TPSA) is 37.4 Å². The zero-order chi connectivity index (χ0) is 8.97. The van der Waals surface area contributed by atoms with Gasteiger partial charge in [0.15, 0.2) is 0 Å². The zero-order valence-corrected chi connectivity index (χ0v) is 7.25. The molecule has 1 fully saturated rings. The summed E-state index contributed by atoms with van der Waals surface area (Å²) in [6, 6.07) is 0.